The van der Waals surface area contributed by atoms with Crippen LogP contribution in [0, 0.1) is 5.41 Å². The molecular weight excluding hydrogens is 316 g/mol. The van der Waals surface area contributed by atoms with E-state index in [1.165, 1.54) is 35.0 Å². The topological polar surface area (TPSA) is 31.4 Å². The first-order valence-corrected chi connectivity index (χ1v) is 9.70. The molecule has 1 fully saturated rings. The van der Waals surface area contributed by atoms with Gasteiger partial charge in [-0.3, -0.25) is 0 Å². The van der Waals surface area contributed by atoms with Crippen LogP contribution in [0.4, 0.5) is 5.00 Å². The van der Waals surface area contributed by atoms with E-state index in [1.54, 1.807) is 0 Å². The molecule has 1 saturated heterocycles. The van der Waals surface area contributed by atoms with E-state index in [1.807, 2.05) is 17.5 Å². The maximum absolute atomic E-state index is 4.59. The normalized spacial score (nSPS) is 26.2. The Kier molecular flexibility index (Phi) is 5.02. The van der Waals surface area contributed by atoms with Crippen LogP contribution in [0.5, 0.6) is 0 Å². The fourth-order valence-electron chi connectivity index (χ4n) is 3.47. The molecule has 0 spiro atoms. The van der Waals surface area contributed by atoms with Gasteiger partial charge in [0, 0.05) is 56.5 Å². The van der Waals surface area contributed by atoms with Gasteiger partial charge in [0.2, 0.25) is 0 Å². The number of hydrogen-bond donors (Lipinski definition) is 1. The Morgan fingerprint density at radius 3 is 2.75 bits per heavy atom. The van der Waals surface area contributed by atoms with Crippen LogP contribution in [0.1, 0.15) is 38.1 Å². The minimum Gasteiger partial charge on any atom is -0.368 e. The fourth-order valence-corrected chi connectivity index (χ4v) is 4.39. The Labute approximate surface area is 150 Å². The lowest BCUT2D eigenvalue weighted by molar-refractivity contribution is 0.267. The molecule has 4 nitrogen and oxygen atoms in total. The number of thiazole rings is 1. The van der Waals surface area contributed by atoms with Crippen LogP contribution in [-0.2, 0) is 6.42 Å². The molecule has 2 aliphatic heterocycles. The summed E-state index contributed by atoms with van der Waals surface area (Å²) in [5, 5.41) is 6.33. The summed E-state index contributed by atoms with van der Waals surface area (Å²) < 4.78 is 0. The molecular formula is C19H30N4S. The van der Waals surface area contributed by atoms with Crippen LogP contribution in [0.25, 0.3) is 0 Å². The van der Waals surface area contributed by atoms with Crippen molar-refractivity contribution in [3.63, 3.8) is 0 Å². The van der Waals surface area contributed by atoms with E-state index in [4.69, 9.17) is 0 Å². The molecule has 1 aromatic heterocycles. The van der Waals surface area contributed by atoms with Crippen molar-refractivity contribution in [3.8, 4) is 0 Å². The van der Waals surface area contributed by atoms with Crippen molar-refractivity contribution in [2.24, 2.45) is 5.41 Å². The zero-order chi connectivity index (χ0) is 17.3. The number of rotatable bonds is 5. The molecule has 2 aliphatic rings. The van der Waals surface area contributed by atoms with Gasteiger partial charge in [0.1, 0.15) is 5.00 Å². The van der Waals surface area contributed by atoms with E-state index >= 15 is 0 Å². The van der Waals surface area contributed by atoms with Crippen molar-refractivity contribution in [1.29, 1.82) is 0 Å². The summed E-state index contributed by atoms with van der Waals surface area (Å²) in [6.07, 6.45) is 11.3. The van der Waals surface area contributed by atoms with Gasteiger partial charge < -0.3 is 15.1 Å². The molecule has 24 heavy (non-hydrogen) atoms. The highest BCUT2D eigenvalue weighted by Gasteiger charge is 2.31. The first kappa shape index (κ1) is 17.5. The summed E-state index contributed by atoms with van der Waals surface area (Å²) in [6.45, 7) is 9.77. The Balaban J connectivity index is 1.55. The highest BCUT2D eigenvalue weighted by Crippen LogP contribution is 2.35. The molecule has 0 bridgehead atoms. The van der Waals surface area contributed by atoms with Crippen LogP contribution in [0.15, 0.2) is 30.7 Å². The lowest BCUT2D eigenvalue weighted by atomic mass is 9.91. The lowest BCUT2D eigenvalue weighted by Crippen LogP contribution is -2.48. The van der Waals surface area contributed by atoms with Gasteiger partial charge >= 0.3 is 0 Å². The Morgan fingerprint density at radius 1 is 1.38 bits per heavy atom. The summed E-state index contributed by atoms with van der Waals surface area (Å²) in [5.41, 5.74) is 1.30. The maximum Gasteiger partial charge on any atom is 0.111 e. The van der Waals surface area contributed by atoms with Crippen LogP contribution < -0.4 is 10.2 Å². The smallest absolute Gasteiger partial charge is 0.111 e. The third-order valence-electron chi connectivity index (χ3n) is 5.16. The molecule has 0 aliphatic carbocycles. The number of nitrogens with zero attached hydrogens (tertiary/aromatic N) is 3. The average Bonchev–Trinajstić information content (AvgIpc) is 3.08. The monoisotopic (exact) mass is 346 g/mol. The average molecular weight is 347 g/mol. The minimum absolute atomic E-state index is 0.0948. The number of nitrogens with one attached hydrogen (secondary N) is 1. The maximum atomic E-state index is 4.59. The van der Waals surface area contributed by atoms with Gasteiger partial charge in [0.05, 0.1) is 11.2 Å². The second-order valence-corrected chi connectivity index (χ2v) is 8.91. The van der Waals surface area contributed by atoms with Crippen molar-refractivity contribution < 1.29 is 0 Å². The van der Waals surface area contributed by atoms with Gasteiger partial charge in [-0.2, -0.15) is 0 Å². The van der Waals surface area contributed by atoms with E-state index in [9.17, 15) is 0 Å². The Bertz CT molecular complexity index is 617. The molecule has 0 radical (unpaired) electrons. The number of piperidine rings is 1. The van der Waals surface area contributed by atoms with Gasteiger partial charge in [-0.15, -0.1) is 11.3 Å². The first-order valence-electron chi connectivity index (χ1n) is 8.88. The predicted molar refractivity (Wildman–Crippen MR) is 103 cm³/mol. The van der Waals surface area contributed by atoms with Gasteiger partial charge in [0.15, 0.2) is 0 Å². The van der Waals surface area contributed by atoms with E-state index in [0.717, 1.165) is 13.0 Å². The fraction of sp³-hybridized carbons (Fsp3) is 0.632. The van der Waals surface area contributed by atoms with Gasteiger partial charge in [-0.1, -0.05) is 32.9 Å². The van der Waals surface area contributed by atoms with Gasteiger partial charge in [0.25, 0.3) is 0 Å². The Hall–Kier alpha value is -1.33. The molecule has 0 amide bonds. The summed E-state index contributed by atoms with van der Waals surface area (Å²) in [5.74, 6) is 0. The molecule has 1 N–H and O–H groups in total. The summed E-state index contributed by atoms with van der Waals surface area (Å²) in [6, 6.07) is 1.07. The van der Waals surface area contributed by atoms with Crippen LogP contribution in [-0.4, -0.2) is 42.6 Å². The summed E-state index contributed by atoms with van der Waals surface area (Å²) in [4.78, 5) is 9.05. The third kappa shape index (κ3) is 3.83. The second kappa shape index (κ2) is 6.89. The third-order valence-corrected chi connectivity index (χ3v) is 6.35. The SMILES string of the molecule is C=C1N(CC2CCCC(Cc3ncc(N(C)C)s3)N2)C=CC1(C)C. The summed E-state index contributed by atoms with van der Waals surface area (Å²) >= 11 is 1.81. The lowest BCUT2D eigenvalue weighted by Gasteiger charge is -2.35. The molecule has 3 rings (SSSR count). The molecule has 132 valence electrons. The van der Waals surface area contributed by atoms with Crippen LogP contribution in [0.3, 0.4) is 0 Å². The largest absolute Gasteiger partial charge is 0.368 e. The molecule has 0 saturated carbocycles. The van der Waals surface area contributed by atoms with E-state index in [-0.39, 0.29) is 5.41 Å². The van der Waals surface area contributed by atoms with Crippen molar-refractivity contribution in [1.82, 2.24) is 15.2 Å². The van der Waals surface area contributed by atoms with Crippen LogP contribution >= 0.6 is 11.3 Å². The second-order valence-electron chi connectivity index (χ2n) is 7.82. The Morgan fingerprint density at radius 2 is 2.12 bits per heavy atom. The number of anilines is 1. The van der Waals surface area contributed by atoms with E-state index < -0.39 is 0 Å². The molecule has 3 heterocycles. The molecule has 0 aromatic carbocycles. The quantitative estimate of drug-likeness (QED) is 0.882. The van der Waals surface area contributed by atoms with Gasteiger partial charge in [-0.05, 0) is 12.8 Å². The highest BCUT2D eigenvalue weighted by molar-refractivity contribution is 7.15. The minimum atomic E-state index is 0.0948. The molecule has 5 heteroatoms. The predicted octanol–water partition coefficient (Wildman–Crippen LogP) is 3.63. The summed E-state index contributed by atoms with van der Waals surface area (Å²) in [7, 11) is 4.15. The van der Waals surface area contributed by atoms with Crippen molar-refractivity contribution in [2.45, 2.75) is 51.6 Å². The first-order chi connectivity index (χ1) is 11.3. The number of allylic oxidation sites excluding steroid dienone is 1. The number of aromatic nitrogens is 1. The van der Waals surface area contributed by atoms with E-state index in [0.29, 0.717) is 12.1 Å². The van der Waals surface area contributed by atoms with Crippen molar-refractivity contribution in [3.05, 3.63) is 35.8 Å². The zero-order valence-electron chi connectivity index (χ0n) is 15.4. The molecule has 2 unspecified atom stereocenters. The van der Waals surface area contributed by atoms with Crippen molar-refractivity contribution in [2.75, 3.05) is 25.5 Å². The number of hydrogen-bond acceptors (Lipinski definition) is 5. The van der Waals surface area contributed by atoms with E-state index in [2.05, 4.69) is 66.9 Å². The van der Waals surface area contributed by atoms with Gasteiger partial charge in [-0.25, -0.2) is 4.98 Å². The highest BCUT2D eigenvalue weighted by atomic mass is 32.1. The molecule has 1 aromatic rings. The molecule has 2 atom stereocenters. The van der Waals surface area contributed by atoms with Crippen molar-refractivity contribution >= 4 is 16.3 Å². The standard InChI is InChI=1S/C19H30N4S/c1-14-19(2,3)9-10-23(14)13-16-8-6-7-15(21-16)11-17-20-12-18(24-17)22(4)5/h9-10,12,15-16,21H,1,6-8,11,13H2,2-5H3. The van der Waals surface area contributed by atoms with Crippen LogP contribution in [0.2, 0.25) is 0 Å². The zero-order valence-corrected chi connectivity index (χ0v) is 16.2.